The summed E-state index contributed by atoms with van der Waals surface area (Å²) in [6.07, 6.45) is 1.21. The average Bonchev–Trinajstić information content (AvgIpc) is 2.60. The molecule has 1 saturated heterocycles. The maximum atomic E-state index is 6.20. The van der Waals surface area contributed by atoms with Crippen LogP contribution >= 0.6 is 22.9 Å². The number of nitrogens with two attached hydrogens (primary N) is 1. The van der Waals surface area contributed by atoms with Crippen molar-refractivity contribution in [2.75, 3.05) is 33.2 Å². The molecular weight excluding hydrogens is 266 g/mol. The molecule has 1 aliphatic heterocycles. The highest BCUT2D eigenvalue weighted by molar-refractivity contribution is 7.16. The van der Waals surface area contributed by atoms with E-state index in [4.69, 9.17) is 17.3 Å². The highest BCUT2D eigenvalue weighted by atomic mass is 35.5. The van der Waals surface area contributed by atoms with E-state index in [-0.39, 0.29) is 6.04 Å². The van der Waals surface area contributed by atoms with Gasteiger partial charge in [-0.3, -0.25) is 4.90 Å². The summed E-state index contributed by atoms with van der Waals surface area (Å²) in [5, 5.41) is 0. The Morgan fingerprint density at radius 3 is 2.67 bits per heavy atom. The lowest BCUT2D eigenvalue weighted by Gasteiger charge is -2.32. The summed E-state index contributed by atoms with van der Waals surface area (Å²) in [5.74, 6) is 0. The molecule has 1 aromatic heterocycles. The van der Waals surface area contributed by atoms with E-state index in [1.54, 1.807) is 11.3 Å². The molecule has 0 amide bonds. The first-order valence-electron chi connectivity index (χ1n) is 6.51. The van der Waals surface area contributed by atoms with Gasteiger partial charge in [-0.15, -0.1) is 11.3 Å². The smallest absolute Gasteiger partial charge is 0.0931 e. The molecule has 0 radical (unpaired) electrons. The monoisotopic (exact) mass is 287 g/mol. The minimum Gasteiger partial charge on any atom is -0.326 e. The molecule has 1 aliphatic rings. The number of likely N-dealkylation sites (N-methyl/N-ethyl adjacent to an activating group) is 1. The first-order chi connectivity index (χ1) is 8.58. The molecule has 102 valence electrons. The van der Waals surface area contributed by atoms with Gasteiger partial charge in [0, 0.05) is 30.6 Å². The maximum Gasteiger partial charge on any atom is 0.0931 e. The van der Waals surface area contributed by atoms with E-state index >= 15 is 0 Å². The molecule has 2 heterocycles. The van der Waals surface area contributed by atoms with Gasteiger partial charge in [0.1, 0.15) is 0 Å². The Morgan fingerprint density at radius 1 is 1.28 bits per heavy atom. The van der Waals surface area contributed by atoms with Crippen molar-refractivity contribution in [2.24, 2.45) is 5.73 Å². The van der Waals surface area contributed by atoms with E-state index in [1.165, 1.54) is 17.8 Å². The Kier molecular flexibility index (Phi) is 5.04. The zero-order valence-corrected chi connectivity index (χ0v) is 12.7. The zero-order valence-electron chi connectivity index (χ0n) is 11.1. The second-order valence-corrected chi connectivity index (χ2v) is 6.89. The minimum absolute atomic E-state index is 0.128. The Bertz CT molecular complexity index is 380. The molecule has 2 atom stereocenters. The van der Waals surface area contributed by atoms with Crippen LogP contribution in [0.1, 0.15) is 24.3 Å². The van der Waals surface area contributed by atoms with Gasteiger partial charge in [-0.25, -0.2) is 0 Å². The molecule has 0 saturated carbocycles. The van der Waals surface area contributed by atoms with Gasteiger partial charge in [0.15, 0.2) is 0 Å². The molecule has 0 bridgehead atoms. The average molecular weight is 288 g/mol. The Morgan fingerprint density at radius 2 is 2.06 bits per heavy atom. The van der Waals surface area contributed by atoms with Crippen molar-refractivity contribution in [2.45, 2.75) is 25.4 Å². The van der Waals surface area contributed by atoms with Crippen molar-refractivity contribution in [1.82, 2.24) is 9.80 Å². The van der Waals surface area contributed by atoms with Gasteiger partial charge in [-0.2, -0.15) is 0 Å². The summed E-state index contributed by atoms with van der Waals surface area (Å²) >= 11 is 7.71. The van der Waals surface area contributed by atoms with Crippen LogP contribution in [0.2, 0.25) is 4.34 Å². The van der Waals surface area contributed by atoms with Crippen LogP contribution in [-0.2, 0) is 0 Å². The van der Waals surface area contributed by atoms with Gasteiger partial charge in [0.2, 0.25) is 0 Å². The van der Waals surface area contributed by atoms with E-state index in [2.05, 4.69) is 29.8 Å². The summed E-state index contributed by atoms with van der Waals surface area (Å²) in [6.45, 7) is 6.58. The van der Waals surface area contributed by atoms with Crippen molar-refractivity contribution < 1.29 is 0 Å². The predicted octanol–water partition coefficient (Wildman–Crippen LogP) is 2.43. The highest BCUT2D eigenvalue weighted by Crippen LogP contribution is 2.32. The summed E-state index contributed by atoms with van der Waals surface area (Å²) in [4.78, 5) is 6.19. The normalized spacial score (nSPS) is 22.7. The van der Waals surface area contributed by atoms with Crippen molar-refractivity contribution in [3.8, 4) is 0 Å². The fourth-order valence-electron chi connectivity index (χ4n) is 2.60. The second-order valence-electron chi connectivity index (χ2n) is 5.14. The lowest BCUT2D eigenvalue weighted by Crippen LogP contribution is -2.40. The third-order valence-corrected chi connectivity index (χ3v) is 4.83. The first-order valence-corrected chi connectivity index (χ1v) is 7.71. The number of hydrogen-bond donors (Lipinski definition) is 1. The quantitative estimate of drug-likeness (QED) is 0.927. The summed E-state index contributed by atoms with van der Waals surface area (Å²) < 4.78 is 0.850. The first kappa shape index (κ1) is 14.3. The fourth-order valence-corrected chi connectivity index (χ4v) is 3.92. The summed E-state index contributed by atoms with van der Waals surface area (Å²) in [6, 6.07) is 4.52. The number of thiophene rings is 1. The van der Waals surface area contributed by atoms with Crippen LogP contribution < -0.4 is 5.73 Å². The van der Waals surface area contributed by atoms with Crippen LogP contribution in [-0.4, -0.2) is 49.1 Å². The SMILES string of the molecule is CC(N)C(c1ccc(Cl)s1)N1CCCN(C)CC1. The number of hydrogen-bond acceptors (Lipinski definition) is 4. The number of halogens is 1. The third kappa shape index (κ3) is 3.45. The Hall–Kier alpha value is -0.130. The van der Waals surface area contributed by atoms with Gasteiger partial charge < -0.3 is 10.6 Å². The van der Waals surface area contributed by atoms with Gasteiger partial charge >= 0.3 is 0 Å². The van der Waals surface area contributed by atoms with Crippen LogP contribution in [0, 0.1) is 0 Å². The molecule has 3 nitrogen and oxygen atoms in total. The highest BCUT2D eigenvalue weighted by Gasteiger charge is 2.26. The van der Waals surface area contributed by atoms with Crippen LogP contribution in [0.3, 0.4) is 0 Å². The summed E-state index contributed by atoms with van der Waals surface area (Å²) in [7, 11) is 2.19. The van der Waals surface area contributed by atoms with Crippen LogP contribution in [0.15, 0.2) is 12.1 Å². The number of rotatable bonds is 3. The van der Waals surface area contributed by atoms with Gasteiger partial charge in [-0.05, 0) is 39.1 Å². The third-order valence-electron chi connectivity index (χ3n) is 3.53. The molecule has 18 heavy (non-hydrogen) atoms. The van der Waals surface area contributed by atoms with Crippen LogP contribution in [0.4, 0.5) is 0 Å². The van der Waals surface area contributed by atoms with Crippen molar-refractivity contribution in [3.05, 3.63) is 21.3 Å². The molecule has 1 fully saturated rings. The van der Waals surface area contributed by atoms with E-state index < -0.39 is 0 Å². The van der Waals surface area contributed by atoms with E-state index in [9.17, 15) is 0 Å². The lowest BCUT2D eigenvalue weighted by molar-refractivity contribution is 0.185. The van der Waals surface area contributed by atoms with Crippen LogP contribution in [0.25, 0.3) is 0 Å². The van der Waals surface area contributed by atoms with E-state index in [0.29, 0.717) is 6.04 Å². The molecule has 2 unspecified atom stereocenters. The maximum absolute atomic E-state index is 6.20. The molecule has 0 spiro atoms. The van der Waals surface area contributed by atoms with Crippen molar-refractivity contribution in [1.29, 1.82) is 0 Å². The molecule has 1 aromatic rings. The predicted molar refractivity (Wildman–Crippen MR) is 79.4 cm³/mol. The molecule has 0 aliphatic carbocycles. The molecule has 5 heteroatoms. The van der Waals surface area contributed by atoms with Gasteiger partial charge in [-0.1, -0.05) is 11.6 Å². The topological polar surface area (TPSA) is 32.5 Å². The van der Waals surface area contributed by atoms with Gasteiger partial charge in [0.05, 0.1) is 10.4 Å². The van der Waals surface area contributed by atoms with Crippen molar-refractivity contribution in [3.63, 3.8) is 0 Å². The molecule has 2 rings (SSSR count). The number of nitrogens with zero attached hydrogens (tertiary/aromatic N) is 2. The second kappa shape index (κ2) is 6.35. The zero-order chi connectivity index (χ0) is 13.1. The molecule has 2 N–H and O–H groups in total. The Balaban J connectivity index is 2.14. The van der Waals surface area contributed by atoms with Crippen LogP contribution in [0.5, 0.6) is 0 Å². The summed E-state index contributed by atoms with van der Waals surface area (Å²) in [5.41, 5.74) is 6.20. The standard InChI is InChI=1S/C13H22ClN3S/c1-10(15)13(11-4-5-12(14)18-11)17-7-3-6-16(2)8-9-17/h4-5,10,13H,3,6-9,15H2,1-2H3. The minimum atomic E-state index is 0.128. The van der Waals surface area contributed by atoms with E-state index in [1.807, 2.05) is 6.07 Å². The van der Waals surface area contributed by atoms with Gasteiger partial charge in [0.25, 0.3) is 0 Å². The molecular formula is C13H22ClN3S. The lowest BCUT2D eigenvalue weighted by atomic mass is 10.1. The molecule has 0 aromatic carbocycles. The van der Waals surface area contributed by atoms with Crippen molar-refractivity contribution >= 4 is 22.9 Å². The fraction of sp³-hybridized carbons (Fsp3) is 0.692. The Labute approximate surface area is 119 Å². The largest absolute Gasteiger partial charge is 0.326 e. The van der Waals surface area contributed by atoms with E-state index in [0.717, 1.165) is 24.0 Å².